The Morgan fingerprint density at radius 2 is 1.29 bits per heavy atom. The van der Waals surface area contributed by atoms with Crippen LogP contribution >= 0.6 is 0 Å². The van der Waals surface area contributed by atoms with Gasteiger partial charge in [0, 0.05) is 13.2 Å². The molecule has 0 spiro atoms. The molecule has 0 aromatic heterocycles. The zero-order chi connectivity index (χ0) is 11.4. The van der Waals surface area contributed by atoms with E-state index in [4.69, 9.17) is 8.85 Å². The lowest BCUT2D eigenvalue weighted by molar-refractivity contribution is 0.217. The Morgan fingerprint density at radius 1 is 0.929 bits per heavy atom. The van der Waals surface area contributed by atoms with Crippen molar-refractivity contribution in [2.24, 2.45) is 0 Å². The van der Waals surface area contributed by atoms with Crippen molar-refractivity contribution in [2.45, 2.75) is 46.6 Å². The van der Waals surface area contributed by atoms with Crippen molar-refractivity contribution >= 4 is 23.5 Å². The maximum Gasteiger partial charge on any atom is 0.291 e. The summed E-state index contributed by atoms with van der Waals surface area (Å²) in [6.07, 6.45) is 0. The normalized spacial score (nSPS) is 13.7. The first-order valence-corrected chi connectivity index (χ1v) is 16.0. The predicted octanol–water partition coefficient (Wildman–Crippen LogP) is 2.48. The zero-order valence-corrected chi connectivity index (χ0v) is 14.0. The lowest BCUT2D eigenvalue weighted by atomic mass is 10.9. The van der Waals surface area contributed by atoms with E-state index in [0.29, 0.717) is 0 Å². The molecule has 0 aliphatic carbocycles. The average Bonchev–Trinajstić information content (AvgIpc) is 2.01. The molecule has 0 saturated heterocycles. The summed E-state index contributed by atoms with van der Waals surface area (Å²) in [6.45, 7) is 17.8. The van der Waals surface area contributed by atoms with Crippen LogP contribution in [0.3, 0.4) is 0 Å². The molecule has 0 bridgehead atoms. The molecule has 0 atom stereocenters. The lowest BCUT2D eigenvalue weighted by Crippen LogP contribution is -2.70. The van der Waals surface area contributed by atoms with Gasteiger partial charge in [0.05, 0.1) is 15.9 Å². The van der Waals surface area contributed by atoms with Gasteiger partial charge >= 0.3 is 0 Å². The van der Waals surface area contributed by atoms with E-state index in [1.165, 1.54) is 0 Å². The Hall–Kier alpha value is 0.571. The van der Waals surface area contributed by atoms with Gasteiger partial charge < -0.3 is 8.85 Å². The van der Waals surface area contributed by atoms with Crippen LogP contribution in [0, 0.1) is 0 Å². The third-order valence-corrected chi connectivity index (χ3v) is 33.3. The number of hydrogen-bond donors (Lipinski definition) is 0. The van der Waals surface area contributed by atoms with Gasteiger partial charge in [-0.2, -0.15) is 0 Å². The second-order valence-corrected chi connectivity index (χ2v) is 27.7. The van der Waals surface area contributed by atoms with Crippen molar-refractivity contribution < 1.29 is 8.85 Å². The molecule has 5 heteroatoms. The fourth-order valence-corrected chi connectivity index (χ4v) is 33.6. The highest BCUT2D eigenvalue weighted by Crippen LogP contribution is 2.24. The van der Waals surface area contributed by atoms with Gasteiger partial charge in [-0.25, -0.2) is 0 Å². The second-order valence-electron chi connectivity index (χ2n) is 4.94. The molecule has 0 aromatic carbocycles. The molecule has 2 nitrogen and oxygen atoms in total. The first-order chi connectivity index (χ1) is 6.31. The minimum Gasteiger partial charge on any atom is -0.399 e. The SMILES string of the molecule is CCO[Si](OCC)([SiH](C)C)[Si](C)(C)C. The summed E-state index contributed by atoms with van der Waals surface area (Å²) in [5.41, 5.74) is 0. The van der Waals surface area contributed by atoms with E-state index in [1.54, 1.807) is 0 Å². The molecule has 14 heavy (non-hydrogen) atoms. The van der Waals surface area contributed by atoms with Gasteiger partial charge in [-0.1, -0.05) is 32.7 Å². The summed E-state index contributed by atoms with van der Waals surface area (Å²) in [5, 5.41) is 0. The van der Waals surface area contributed by atoms with Gasteiger partial charge in [0.1, 0.15) is 0 Å². The van der Waals surface area contributed by atoms with Gasteiger partial charge in [-0.15, -0.1) is 0 Å². The second kappa shape index (κ2) is 5.60. The monoisotopic (exact) mass is 250 g/mol. The largest absolute Gasteiger partial charge is 0.399 e. The first kappa shape index (κ1) is 14.6. The lowest BCUT2D eigenvalue weighted by Gasteiger charge is -2.42. The summed E-state index contributed by atoms with van der Waals surface area (Å²) in [7, 11) is -3.91. The van der Waals surface area contributed by atoms with Crippen LogP contribution in [0.5, 0.6) is 0 Å². The summed E-state index contributed by atoms with van der Waals surface area (Å²) in [5.74, 6) is 0. The molecule has 0 N–H and O–H groups in total. The van der Waals surface area contributed by atoms with E-state index in [9.17, 15) is 0 Å². The van der Waals surface area contributed by atoms with Crippen molar-refractivity contribution in [3.8, 4) is 0 Å². The van der Waals surface area contributed by atoms with Crippen LogP contribution in [-0.2, 0) is 8.85 Å². The maximum atomic E-state index is 6.14. The van der Waals surface area contributed by atoms with Gasteiger partial charge in [-0.3, -0.25) is 0 Å². The minimum absolute atomic E-state index is 0.821. The highest BCUT2D eigenvalue weighted by molar-refractivity contribution is 7.59. The third-order valence-electron chi connectivity index (χ3n) is 2.52. The number of hydrogen-bond acceptors (Lipinski definition) is 2. The average molecular weight is 251 g/mol. The van der Waals surface area contributed by atoms with E-state index in [-0.39, 0.29) is 0 Å². The molecule has 0 unspecified atom stereocenters. The Morgan fingerprint density at radius 3 is 1.43 bits per heavy atom. The standard InChI is InChI=1S/C9H26O2Si3/c1-8-10-14(11-9-2,12(3)4)13(5,6)7/h12H,8-9H2,1-7H3. The molecule has 0 aromatic rings. The van der Waals surface area contributed by atoms with E-state index >= 15 is 0 Å². The van der Waals surface area contributed by atoms with Gasteiger partial charge in [0.2, 0.25) is 0 Å². The molecule has 0 amide bonds. The molecule has 0 saturated carbocycles. The summed E-state index contributed by atoms with van der Waals surface area (Å²) in [4.78, 5) is 0. The van der Waals surface area contributed by atoms with Crippen LogP contribution in [0.15, 0.2) is 0 Å². The molecular weight excluding hydrogens is 224 g/mol. The fraction of sp³-hybridized carbons (Fsp3) is 1.00. The molecule has 0 aliphatic rings. The molecular formula is C9H26O2Si3. The smallest absolute Gasteiger partial charge is 0.291 e. The fourth-order valence-electron chi connectivity index (χ4n) is 2.10. The molecule has 0 radical (unpaired) electrons. The van der Waals surface area contributed by atoms with Crippen molar-refractivity contribution in [3.05, 3.63) is 0 Å². The Labute approximate surface area is 92.4 Å². The third kappa shape index (κ3) is 3.03. The first-order valence-electron chi connectivity index (χ1n) is 5.59. The molecule has 0 aliphatic heterocycles. The number of rotatable bonds is 6. The molecule has 0 fully saturated rings. The van der Waals surface area contributed by atoms with Crippen LogP contribution in [0.25, 0.3) is 0 Å². The summed E-state index contributed by atoms with van der Waals surface area (Å²) in [6, 6.07) is 0. The van der Waals surface area contributed by atoms with Gasteiger partial charge in [0.15, 0.2) is 0 Å². The van der Waals surface area contributed by atoms with Gasteiger partial charge in [-0.05, 0) is 13.8 Å². The predicted molar refractivity (Wildman–Crippen MR) is 71.2 cm³/mol. The zero-order valence-electron chi connectivity index (χ0n) is 10.8. The van der Waals surface area contributed by atoms with Crippen molar-refractivity contribution in [3.63, 3.8) is 0 Å². The Kier molecular flexibility index (Phi) is 5.83. The van der Waals surface area contributed by atoms with Crippen molar-refractivity contribution in [1.82, 2.24) is 0 Å². The quantitative estimate of drug-likeness (QED) is 0.674. The van der Waals surface area contributed by atoms with Crippen molar-refractivity contribution in [2.75, 3.05) is 13.2 Å². The van der Waals surface area contributed by atoms with E-state index in [1.807, 2.05) is 0 Å². The topological polar surface area (TPSA) is 18.5 Å². The van der Waals surface area contributed by atoms with E-state index < -0.39 is 23.5 Å². The van der Waals surface area contributed by atoms with Crippen LogP contribution in [0.1, 0.15) is 13.8 Å². The Balaban J connectivity index is 4.94. The minimum atomic E-state index is -1.80. The van der Waals surface area contributed by atoms with Crippen LogP contribution in [0.2, 0.25) is 32.7 Å². The van der Waals surface area contributed by atoms with Crippen molar-refractivity contribution in [1.29, 1.82) is 0 Å². The molecule has 86 valence electrons. The van der Waals surface area contributed by atoms with Gasteiger partial charge in [0.25, 0.3) is 7.60 Å². The maximum absolute atomic E-state index is 6.14. The van der Waals surface area contributed by atoms with Crippen LogP contribution < -0.4 is 0 Å². The molecule has 0 heterocycles. The van der Waals surface area contributed by atoms with Crippen LogP contribution in [0.4, 0.5) is 0 Å². The highest BCUT2D eigenvalue weighted by atomic mass is 29.6. The Bertz CT molecular complexity index is 160. The van der Waals surface area contributed by atoms with Crippen LogP contribution in [-0.4, -0.2) is 36.7 Å². The van der Waals surface area contributed by atoms with E-state index in [2.05, 4.69) is 46.6 Å². The summed E-state index contributed by atoms with van der Waals surface area (Å²) >= 11 is 0. The molecule has 0 rings (SSSR count). The van der Waals surface area contributed by atoms with E-state index in [0.717, 1.165) is 13.2 Å². The summed E-state index contributed by atoms with van der Waals surface area (Å²) < 4.78 is 12.3. The highest BCUT2D eigenvalue weighted by Gasteiger charge is 2.52.